The van der Waals surface area contributed by atoms with Gasteiger partial charge >= 0.3 is 5.97 Å². The second kappa shape index (κ2) is 10.6. The minimum atomic E-state index is -0.989. The van der Waals surface area contributed by atoms with Gasteiger partial charge in [0.1, 0.15) is 27.9 Å². The minimum Gasteiger partial charge on any atom is -0.460 e. The quantitative estimate of drug-likeness (QED) is 0.307. The Labute approximate surface area is 204 Å². The van der Waals surface area contributed by atoms with Crippen LogP contribution in [0.15, 0.2) is 42.5 Å². The summed E-state index contributed by atoms with van der Waals surface area (Å²) in [6.45, 7) is 5.42. The molecule has 0 bridgehead atoms. The number of carbonyl (C=O) groups excluding carboxylic acids is 3. The number of rotatable bonds is 8. The van der Waals surface area contributed by atoms with Crippen molar-refractivity contribution >= 4 is 45.6 Å². The predicted octanol–water partition coefficient (Wildman–Crippen LogP) is 4.44. The van der Waals surface area contributed by atoms with Gasteiger partial charge in [0, 0.05) is 17.8 Å². The fourth-order valence-corrected chi connectivity index (χ4v) is 3.83. The van der Waals surface area contributed by atoms with Crippen molar-refractivity contribution in [1.82, 2.24) is 10.3 Å². The van der Waals surface area contributed by atoms with E-state index >= 15 is 0 Å². The number of halogens is 2. The Morgan fingerprint density at radius 2 is 1.69 bits per heavy atom. The van der Waals surface area contributed by atoms with Gasteiger partial charge in [-0.3, -0.25) is 14.4 Å². The first-order chi connectivity index (χ1) is 16.4. The van der Waals surface area contributed by atoms with E-state index in [4.69, 9.17) is 10.5 Å². The molecule has 0 unspecified atom stereocenters. The molecule has 35 heavy (non-hydrogen) atoms. The van der Waals surface area contributed by atoms with E-state index in [0.29, 0.717) is 11.3 Å². The van der Waals surface area contributed by atoms with Gasteiger partial charge in [0.05, 0.1) is 12.0 Å². The highest BCUT2D eigenvalue weighted by Gasteiger charge is 2.24. The lowest BCUT2D eigenvalue weighted by Crippen LogP contribution is -2.29. The van der Waals surface area contributed by atoms with Crippen LogP contribution in [-0.4, -0.2) is 34.8 Å². The Hall–Kier alpha value is -3.86. The minimum absolute atomic E-state index is 0.0476. The molecule has 3 aromatic rings. The van der Waals surface area contributed by atoms with E-state index in [2.05, 4.69) is 15.6 Å². The Kier molecular flexibility index (Phi) is 7.80. The summed E-state index contributed by atoms with van der Waals surface area (Å²) in [4.78, 5) is 40.6. The van der Waals surface area contributed by atoms with Crippen molar-refractivity contribution in [2.75, 3.05) is 17.6 Å². The Bertz CT molecular complexity index is 1230. The molecule has 3 rings (SSSR count). The van der Waals surface area contributed by atoms with Gasteiger partial charge in [0.2, 0.25) is 5.78 Å². The van der Waals surface area contributed by atoms with Crippen LogP contribution in [0, 0.1) is 11.6 Å². The van der Waals surface area contributed by atoms with Crippen molar-refractivity contribution < 1.29 is 27.9 Å². The van der Waals surface area contributed by atoms with Crippen LogP contribution in [0.3, 0.4) is 0 Å². The van der Waals surface area contributed by atoms with Gasteiger partial charge in [-0.1, -0.05) is 17.4 Å². The monoisotopic (exact) mass is 502 g/mol. The molecule has 0 saturated carbocycles. The summed E-state index contributed by atoms with van der Waals surface area (Å²) < 4.78 is 33.1. The molecule has 11 heteroatoms. The largest absolute Gasteiger partial charge is 0.460 e. The summed E-state index contributed by atoms with van der Waals surface area (Å²) in [5.74, 6) is -3.81. The predicted molar refractivity (Wildman–Crippen MR) is 129 cm³/mol. The number of nitrogens with zero attached hydrogens (tertiary/aromatic N) is 1. The highest BCUT2D eigenvalue weighted by molar-refractivity contribution is 7.18. The molecule has 8 nitrogen and oxygen atoms in total. The van der Waals surface area contributed by atoms with Gasteiger partial charge < -0.3 is 21.1 Å². The van der Waals surface area contributed by atoms with Crippen LogP contribution in [0.2, 0.25) is 0 Å². The summed E-state index contributed by atoms with van der Waals surface area (Å²) in [5.41, 5.74) is 5.43. The van der Waals surface area contributed by atoms with E-state index in [1.54, 1.807) is 45.0 Å². The van der Waals surface area contributed by atoms with Gasteiger partial charge in [0.15, 0.2) is 5.13 Å². The first kappa shape index (κ1) is 25.8. The fourth-order valence-electron chi connectivity index (χ4n) is 2.98. The number of hydrogen-bond donors (Lipinski definition) is 3. The maximum Gasteiger partial charge on any atom is 0.308 e. The van der Waals surface area contributed by atoms with Crippen molar-refractivity contribution in [1.29, 1.82) is 0 Å². The zero-order valence-electron chi connectivity index (χ0n) is 19.3. The molecule has 0 fully saturated rings. The van der Waals surface area contributed by atoms with E-state index in [0.717, 1.165) is 29.5 Å². The molecule has 0 aliphatic rings. The second-order valence-corrected chi connectivity index (χ2v) is 9.45. The van der Waals surface area contributed by atoms with Crippen molar-refractivity contribution in [3.8, 4) is 0 Å². The van der Waals surface area contributed by atoms with Crippen LogP contribution >= 0.6 is 11.3 Å². The fraction of sp³-hybridized carbons (Fsp3) is 0.250. The lowest BCUT2D eigenvalue weighted by atomic mass is 10.1. The van der Waals surface area contributed by atoms with E-state index < -0.39 is 34.6 Å². The third-order valence-electron chi connectivity index (χ3n) is 4.48. The number of nitrogen functional groups attached to an aromatic ring is 1. The highest BCUT2D eigenvalue weighted by Crippen LogP contribution is 2.31. The number of amides is 1. The molecular formula is C24H24F2N4O4S. The van der Waals surface area contributed by atoms with Crippen LogP contribution in [0.4, 0.5) is 25.4 Å². The van der Waals surface area contributed by atoms with Crippen LogP contribution in [-0.2, 0) is 9.53 Å². The number of carbonyl (C=O) groups is 3. The highest BCUT2D eigenvalue weighted by atomic mass is 32.1. The van der Waals surface area contributed by atoms with E-state index in [1.165, 1.54) is 0 Å². The summed E-state index contributed by atoms with van der Waals surface area (Å²) >= 11 is 0.850. The standard InChI is InChI=1S/C24H24F2N4O4S/c1-24(2,3)34-17(31)11-12-28-22(33)13-7-9-14(10-8-13)29-23-30-21(27)20(35-23)19(32)18-15(25)5-4-6-16(18)26/h4-10H,11-12,27H2,1-3H3,(H,28,33)(H,29,30). The number of nitrogens with two attached hydrogens (primary N) is 1. The molecule has 0 saturated heterocycles. The maximum absolute atomic E-state index is 14.0. The van der Waals surface area contributed by atoms with Crippen molar-refractivity contribution in [2.45, 2.75) is 32.8 Å². The van der Waals surface area contributed by atoms with E-state index in [9.17, 15) is 23.2 Å². The molecule has 4 N–H and O–H groups in total. The first-order valence-corrected chi connectivity index (χ1v) is 11.4. The number of hydrogen-bond acceptors (Lipinski definition) is 8. The van der Waals surface area contributed by atoms with Gasteiger partial charge in [-0.2, -0.15) is 0 Å². The van der Waals surface area contributed by atoms with Gasteiger partial charge in [-0.25, -0.2) is 13.8 Å². The Balaban J connectivity index is 1.61. The maximum atomic E-state index is 14.0. The van der Waals surface area contributed by atoms with Crippen molar-refractivity contribution in [3.05, 3.63) is 70.1 Å². The third-order valence-corrected chi connectivity index (χ3v) is 5.47. The lowest BCUT2D eigenvalue weighted by molar-refractivity contribution is -0.154. The number of benzene rings is 2. The smallest absolute Gasteiger partial charge is 0.308 e. The molecular weight excluding hydrogens is 478 g/mol. The Morgan fingerprint density at radius 3 is 2.29 bits per heavy atom. The Morgan fingerprint density at radius 1 is 1.06 bits per heavy atom. The molecule has 1 amide bonds. The average Bonchev–Trinajstić information content (AvgIpc) is 3.12. The number of nitrogens with one attached hydrogen (secondary N) is 2. The molecule has 0 atom stereocenters. The van der Waals surface area contributed by atoms with Crippen LogP contribution in [0.5, 0.6) is 0 Å². The molecule has 0 aliphatic heterocycles. The van der Waals surface area contributed by atoms with Gasteiger partial charge in [-0.05, 0) is 57.2 Å². The molecule has 184 valence electrons. The molecule has 1 aromatic heterocycles. The molecule has 0 radical (unpaired) electrons. The molecule has 1 heterocycles. The topological polar surface area (TPSA) is 123 Å². The normalized spacial score (nSPS) is 11.1. The number of ether oxygens (including phenoxy) is 1. The van der Waals surface area contributed by atoms with Crippen LogP contribution < -0.4 is 16.4 Å². The van der Waals surface area contributed by atoms with Crippen molar-refractivity contribution in [3.63, 3.8) is 0 Å². The number of ketones is 1. The van der Waals surface area contributed by atoms with Gasteiger partial charge in [0.25, 0.3) is 5.91 Å². The van der Waals surface area contributed by atoms with Crippen molar-refractivity contribution in [2.24, 2.45) is 0 Å². The summed E-state index contributed by atoms with van der Waals surface area (Å²) in [6, 6.07) is 9.47. The third kappa shape index (κ3) is 6.82. The van der Waals surface area contributed by atoms with Crippen LogP contribution in [0.25, 0.3) is 0 Å². The van der Waals surface area contributed by atoms with E-state index in [-0.39, 0.29) is 34.7 Å². The summed E-state index contributed by atoms with van der Waals surface area (Å²) in [6.07, 6.45) is 0.0476. The molecule has 0 aliphatic carbocycles. The summed E-state index contributed by atoms with van der Waals surface area (Å²) in [5, 5.41) is 5.82. The number of thiazole rings is 1. The summed E-state index contributed by atoms with van der Waals surface area (Å²) in [7, 11) is 0. The lowest BCUT2D eigenvalue weighted by Gasteiger charge is -2.19. The first-order valence-electron chi connectivity index (χ1n) is 10.6. The number of esters is 1. The zero-order valence-corrected chi connectivity index (χ0v) is 20.1. The molecule has 0 spiro atoms. The SMILES string of the molecule is CC(C)(C)OC(=O)CCNC(=O)c1ccc(Nc2nc(N)c(C(=O)c3c(F)cccc3F)s2)cc1. The van der Waals surface area contributed by atoms with Crippen LogP contribution in [0.1, 0.15) is 52.8 Å². The zero-order chi connectivity index (χ0) is 25.8. The van der Waals surface area contributed by atoms with Gasteiger partial charge in [-0.15, -0.1) is 0 Å². The second-order valence-electron chi connectivity index (χ2n) is 8.45. The van der Waals surface area contributed by atoms with E-state index in [1.807, 2.05) is 0 Å². The average molecular weight is 503 g/mol. The molecule has 2 aromatic carbocycles. The number of anilines is 3. The number of aromatic nitrogens is 1.